The summed E-state index contributed by atoms with van der Waals surface area (Å²) in [4.78, 5) is 4.15. The highest BCUT2D eigenvalue weighted by molar-refractivity contribution is 5.67. The highest BCUT2D eigenvalue weighted by atomic mass is 16.5. The van der Waals surface area contributed by atoms with E-state index in [1.165, 1.54) is 0 Å². The topological polar surface area (TPSA) is 82.8 Å². The van der Waals surface area contributed by atoms with Crippen LogP contribution in [0.1, 0.15) is 11.5 Å². The summed E-state index contributed by atoms with van der Waals surface area (Å²) in [6.45, 7) is 2.35. The molecule has 0 radical (unpaired) electrons. The Morgan fingerprint density at radius 2 is 2.05 bits per heavy atom. The highest BCUT2D eigenvalue weighted by Gasteiger charge is 2.14. The Morgan fingerprint density at radius 1 is 1.26 bits per heavy atom. The second-order valence-corrected chi connectivity index (χ2v) is 4.22. The Hall–Kier alpha value is -2.63. The molecule has 0 aliphatic carbocycles. The first-order chi connectivity index (χ1) is 9.24. The van der Waals surface area contributed by atoms with Gasteiger partial charge in [0.1, 0.15) is 5.82 Å². The van der Waals surface area contributed by atoms with E-state index in [-0.39, 0.29) is 0 Å². The molecule has 3 rings (SSSR count). The zero-order chi connectivity index (χ0) is 13.2. The number of hydrogen-bond donors (Lipinski definition) is 1. The van der Waals surface area contributed by atoms with Crippen LogP contribution in [0.2, 0.25) is 0 Å². The van der Waals surface area contributed by atoms with Gasteiger partial charge in [0.25, 0.3) is 0 Å². The maximum absolute atomic E-state index is 6.07. The van der Waals surface area contributed by atoms with Crippen LogP contribution in [0.5, 0.6) is 0 Å². The van der Waals surface area contributed by atoms with Gasteiger partial charge in [-0.1, -0.05) is 35.5 Å². The molecular formula is C13H13N5O. The van der Waals surface area contributed by atoms with Crippen LogP contribution >= 0.6 is 0 Å². The van der Waals surface area contributed by atoms with Gasteiger partial charge in [-0.15, -0.1) is 0 Å². The number of aromatic nitrogens is 4. The summed E-state index contributed by atoms with van der Waals surface area (Å²) >= 11 is 0. The Labute approximate surface area is 109 Å². The van der Waals surface area contributed by atoms with Crippen molar-refractivity contribution in [3.63, 3.8) is 0 Å². The minimum Gasteiger partial charge on any atom is -0.383 e. The summed E-state index contributed by atoms with van der Waals surface area (Å²) in [5.74, 6) is 1.50. The van der Waals surface area contributed by atoms with Crippen molar-refractivity contribution in [2.75, 3.05) is 5.73 Å². The van der Waals surface area contributed by atoms with Crippen molar-refractivity contribution < 1.29 is 4.52 Å². The van der Waals surface area contributed by atoms with Crippen molar-refractivity contribution in [3.8, 4) is 11.4 Å². The lowest BCUT2D eigenvalue weighted by Gasteiger charge is -2.04. The fourth-order valence-corrected chi connectivity index (χ4v) is 1.86. The molecule has 2 N–H and O–H groups in total. The first-order valence-electron chi connectivity index (χ1n) is 5.90. The number of nitrogens with zero attached hydrogens (tertiary/aromatic N) is 4. The number of nitrogens with two attached hydrogens (primary N) is 1. The second kappa shape index (κ2) is 4.56. The lowest BCUT2D eigenvalue weighted by Crippen LogP contribution is -2.06. The molecule has 0 amide bonds. The molecule has 0 bridgehead atoms. The summed E-state index contributed by atoms with van der Waals surface area (Å²) in [5.41, 5.74) is 7.89. The van der Waals surface area contributed by atoms with Gasteiger partial charge in [0.2, 0.25) is 11.7 Å². The van der Waals surface area contributed by atoms with Crippen molar-refractivity contribution in [3.05, 3.63) is 48.0 Å². The molecule has 0 atom stereocenters. The lowest BCUT2D eigenvalue weighted by molar-refractivity contribution is 0.394. The van der Waals surface area contributed by atoms with Gasteiger partial charge < -0.3 is 10.3 Å². The van der Waals surface area contributed by atoms with E-state index >= 15 is 0 Å². The SMILES string of the molecule is Cc1nc(-c2cnn(Cc3ccccc3)c2N)no1. The van der Waals surface area contributed by atoms with Gasteiger partial charge in [-0.2, -0.15) is 10.1 Å². The molecule has 96 valence electrons. The minimum absolute atomic E-state index is 0.467. The molecule has 19 heavy (non-hydrogen) atoms. The monoisotopic (exact) mass is 255 g/mol. The van der Waals surface area contributed by atoms with Crippen molar-refractivity contribution >= 4 is 5.82 Å². The molecule has 0 aliphatic rings. The van der Waals surface area contributed by atoms with E-state index in [9.17, 15) is 0 Å². The summed E-state index contributed by atoms with van der Waals surface area (Å²) < 4.78 is 6.67. The minimum atomic E-state index is 0.467. The summed E-state index contributed by atoms with van der Waals surface area (Å²) in [6, 6.07) is 10.00. The van der Waals surface area contributed by atoms with E-state index in [1.807, 2.05) is 30.3 Å². The third kappa shape index (κ3) is 2.20. The van der Waals surface area contributed by atoms with Gasteiger partial charge >= 0.3 is 0 Å². The van der Waals surface area contributed by atoms with E-state index in [2.05, 4.69) is 15.2 Å². The van der Waals surface area contributed by atoms with E-state index in [0.29, 0.717) is 29.6 Å². The summed E-state index contributed by atoms with van der Waals surface area (Å²) in [6.07, 6.45) is 1.66. The molecule has 0 fully saturated rings. The van der Waals surface area contributed by atoms with Gasteiger partial charge in [0.15, 0.2) is 0 Å². The first-order valence-corrected chi connectivity index (χ1v) is 5.90. The molecule has 1 aromatic carbocycles. The van der Waals surface area contributed by atoms with Gasteiger partial charge in [-0.25, -0.2) is 4.68 Å². The van der Waals surface area contributed by atoms with Crippen LogP contribution in [0.3, 0.4) is 0 Å². The molecule has 3 aromatic rings. The molecule has 0 spiro atoms. The maximum Gasteiger partial charge on any atom is 0.223 e. The fraction of sp³-hybridized carbons (Fsp3) is 0.154. The Kier molecular flexibility index (Phi) is 2.75. The largest absolute Gasteiger partial charge is 0.383 e. The van der Waals surface area contributed by atoms with Gasteiger partial charge in [-0.05, 0) is 5.56 Å². The van der Waals surface area contributed by atoms with Crippen LogP contribution in [0.15, 0.2) is 41.1 Å². The average Bonchev–Trinajstić information content (AvgIpc) is 2.99. The summed E-state index contributed by atoms with van der Waals surface area (Å²) in [5, 5.41) is 8.11. The van der Waals surface area contributed by atoms with Crippen LogP contribution in [0.4, 0.5) is 5.82 Å². The van der Waals surface area contributed by atoms with Crippen molar-refractivity contribution in [2.45, 2.75) is 13.5 Å². The smallest absolute Gasteiger partial charge is 0.223 e. The number of nitrogen functional groups attached to an aromatic ring is 1. The third-order valence-electron chi connectivity index (χ3n) is 2.82. The van der Waals surface area contributed by atoms with Crippen molar-refractivity contribution in [1.29, 1.82) is 0 Å². The zero-order valence-electron chi connectivity index (χ0n) is 10.4. The summed E-state index contributed by atoms with van der Waals surface area (Å²) in [7, 11) is 0. The van der Waals surface area contributed by atoms with Gasteiger partial charge in [-0.3, -0.25) is 0 Å². The molecule has 0 saturated carbocycles. The van der Waals surface area contributed by atoms with Crippen LogP contribution in [-0.4, -0.2) is 19.9 Å². The zero-order valence-corrected chi connectivity index (χ0v) is 10.4. The Balaban J connectivity index is 1.91. The molecule has 2 heterocycles. The van der Waals surface area contributed by atoms with E-state index < -0.39 is 0 Å². The second-order valence-electron chi connectivity index (χ2n) is 4.22. The first kappa shape index (κ1) is 11.5. The van der Waals surface area contributed by atoms with Crippen molar-refractivity contribution in [2.24, 2.45) is 0 Å². The van der Waals surface area contributed by atoms with Crippen molar-refractivity contribution in [1.82, 2.24) is 19.9 Å². The number of anilines is 1. The molecular weight excluding hydrogens is 242 g/mol. The Morgan fingerprint density at radius 3 is 2.74 bits per heavy atom. The molecule has 6 heteroatoms. The number of benzene rings is 1. The van der Waals surface area contributed by atoms with E-state index in [1.54, 1.807) is 17.8 Å². The molecule has 2 aromatic heterocycles. The molecule has 0 unspecified atom stereocenters. The van der Waals surface area contributed by atoms with Crippen LogP contribution in [-0.2, 0) is 6.54 Å². The standard InChI is InChI=1S/C13H13N5O/c1-9-16-13(17-19-9)11-7-15-18(12(11)14)8-10-5-3-2-4-6-10/h2-7H,8,14H2,1H3. The van der Waals surface area contributed by atoms with Crippen LogP contribution in [0, 0.1) is 6.92 Å². The number of hydrogen-bond acceptors (Lipinski definition) is 5. The highest BCUT2D eigenvalue weighted by Crippen LogP contribution is 2.23. The van der Waals surface area contributed by atoms with E-state index in [4.69, 9.17) is 10.3 Å². The van der Waals surface area contributed by atoms with Crippen LogP contribution < -0.4 is 5.73 Å². The maximum atomic E-state index is 6.07. The predicted molar refractivity (Wildman–Crippen MR) is 70.2 cm³/mol. The quantitative estimate of drug-likeness (QED) is 0.772. The third-order valence-corrected chi connectivity index (χ3v) is 2.82. The van der Waals surface area contributed by atoms with Crippen LogP contribution in [0.25, 0.3) is 11.4 Å². The van der Waals surface area contributed by atoms with E-state index in [0.717, 1.165) is 5.56 Å². The number of rotatable bonds is 3. The predicted octanol–water partition coefficient (Wildman–Crippen LogP) is 1.87. The molecule has 0 saturated heterocycles. The average molecular weight is 255 g/mol. The van der Waals surface area contributed by atoms with Gasteiger partial charge in [0, 0.05) is 6.92 Å². The Bertz CT molecular complexity index is 686. The number of aryl methyl sites for hydroxylation is 1. The lowest BCUT2D eigenvalue weighted by atomic mass is 10.2. The molecule has 6 nitrogen and oxygen atoms in total. The normalized spacial score (nSPS) is 10.8. The van der Waals surface area contributed by atoms with Gasteiger partial charge in [0.05, 0.1) is 18.3 Å². The molecule has 0 aliphatic heterocycles. The fourth-order valence-electron chi connectivity index (χ4n) is 1.86.